The SMILES string of the molecule is CN(C)[C@H](C(=O)NCCC(=O)NC1CCCCC1)c1ccc(F)cc1. The van der Waals surface area contributed by atoms with Gasteiger partial charge in [0.15, 0.2) is 0 Å². The van der Waals surface area contributed by atoms with Gasteiger partial charge in [0.25, 0.3) is 0 Å². The Labute approximate surface area is 149 Å². The summed E-state index contributed by atoms with van der Waals surface area (Å²) in [6, 6.07) is 5.67. The van der Waals surface area contributed by atoms with Crippen molar-refractivity contribution in [1.29, 1.82) is 0 Å². The number of hydrogen-bond donors (Lipinski definition) is 2. The van der Waals surface area contributed by atoms with Crippen LogP contribution in [0.3, 0.4) is 0 Å². The van der Waals surface area contributed by atoms with Gasteiger partial charge in [0.2, 0.25) is 11.8 Å². The molecule has 0 saturated heterocycles. The second-order valence-electron chi connectivity index (χ2n) is 6.86. The van der Waals surface area contributed by atoms with Crippen molar-refractivity contribution in [2.24, 2.45) is 0 Å². The largest absolute Gasteiger partial charge is 0.354 e. The smallest absolute Gasteiger partial charge is 0.241 e. The second kappa shape index (κ2) is 9.51. The lowest BCUT2D eigenvalue weighted by atomic mass is 9.95. The van der Waals surface area contributed by atoms with Gasteiger partial charge in [0.1, 0.15) is 11.9 Å². The molecule has 0 heterocycles. The zero-order valence-electron chi connectivity index (χ0n) is 15.1. The molecule has 1 aliphatic rings. The standard InChI is InChI=1S/C19H28FN3O2/c1-23(2)18(14-8-10-15(20)11-9-14)19(25)21-13-12-17(24)22-16-6-4-3-5-7-16/h8-11,16,18H,3-7,12-13H2,1-2H3,(H,21,25)(H,22,24)/t18-/m0/s1. The average molecular weight is 349 g/mol. The minimum absolute atomic E-state index is 0.0182. The van der Waals surface area contributed by atoms with E-state index in [9.17, 15) is 14.0 Å². The summed E-state index contributed by atoms with van der Waals surface area (Å²) in [5, 5.41) is 5.85. The number of hydrogen-bond acceptors (Lipinski definition) is 3. The van der Waals surface area contributed by atoms with Crippen LogP contribution < -0.4 is 10.6 Å². The summed E-state index contributed by atoms with van der Waals surface area (Å²) in [6.07, 6.45) is 5.95. The molecule has 6 heteroatoms. The van der Waals surface area contributed by atoms with E-state index in [0.717, 1.165) is 18.4 Å². The summed E-state index contributed by atoms with van der Waals surface area (Å²) >= 11 is 0. The molecule has 0 aliphatic heterocycles. The van der Waals surface area contributed by atoms with Gasteiger partial charge in [-0.15, -0.1) is 0 Å². The highest BCUT2D eigenvalue weighted by Gasteiger charge is 2.23. The molecule has 0 spiro atoms. The van der Waals surface area contributed by atoms with Crippen molar-refractivity contribution in [3.63, 3.8) is 0 Å². The van der Waals surface area contributed by atoms with Crippen LogP contribution >= 0.6 is 0 Å². The van der Waals surface area contributed by atoms with Crippen LogP contribution in [0.4, 0.5) is 4.39 Å². The Kier molecular flexibility index (Phi) is 7.37. The molecule has 0 aromatic heterocycles. The number of nitrogens with one attached hydrogen (secondary N) is 2. The van der Waals surface area contributed by atoms with Crippen LogP contribution in [-0.2, 0) is 9.59 Å². The van der Waals surface area contributed by atoms with Crippen molar-refractivity contribution in [2.45, 2.75) is 50.6 Å². The molecule has 2 amide bonds. The third-order valence-electron chi connectivity index (χ3n) is 4.57. The number of carbonyl (C=O) groups is 2. The van der Waals surface area contributed by atoms with Gasteiger partial charge in [-0.3, -0.25) is 14.5 Å². The van der Waals surface area contributed by atoms with E-state index < -0.39 is 6.04 Å². The van der Waals surface area contributed by atoms with Gasteiger partial charge >= 0.3 is 0 Å². The summed E-state index contributed by atoms with van der Waals surface area (Å²) in [7, 11) is 3.59. The number of likely N-dealkylation sites (N-methyl/N-ethyl adjacent to an activating group) is 1. The molecule has 1 atom stereocenters. The van der Waals surface area contributed by atoms with Gasteiger partial charge in [0, 0.05) is 19.0 Å². The summed E-state index contributed by atoms with van der Waals surface area (Å²) in [4.78, 5) is 26.2. The molecule has 1 fully saturated rings. The Balaban J connectivity index is 1.80. The maximum Gasteiger partial charge on any atom is 0.241 e. The molecular weight excluding hydrogens is 321 g/mol. The number of benzene rings is 1. The molecule has 1 saturated carbocycles. The van der Waals surface area contributed by atoms with E-state index in [2.05, 4.69) is 10.6 Å². The summed E-state index contributed by atoms with van der Waals surface area (Å²) in [6.45, 7) is 0.295. The van der Waals surface area contributed by atoms with Gasteiger partial charge in [-0.25, -0.2) is 4.39 Å². The molecule has 138 valence electrons. The molecule has 0 radical (unpaired) electrons. The maximum absolute atomic E-state index is 13.1. The van der Waals surface area contributed by atoms with Gasteiger partial charge in [-0.1, -0.05) is 31.4 Å². The molecule has 1 aromatic rings. The van der Waals surface area contributed by atoms with Crippen LogP contribution in [0.15, 0.2) is 24.3 Å². The van der Waals surface area contributed by atoms with Crippen LogP contribution in [0.5, 0.6) is 0 Å². The minimum atomic E-state index is -0.512. The fraction of sp³-hybridized carbons (Fsp3) is 0.579. The second-order valence-corrected chi connectivity index (χ2v) is 6.86. The van der Waals surface area contributed by atoms with Crippen LogP contribution in [0.25, 0.3) is 0 Å². The van der Waals surface area contributed by atoms with E-state index >= 15 is 0 Å². The quantitative estimate of drug-likeness (QED) is 0.794. The van der Waals surface area contributed by atoms with E-state index in [-0.39, 0.29) is 30.1 Å². The summed E-state index contributed by atoms with van der Waals surface area (Å²) < 4.78 is 13.1. The minimum Gasteiger partial charge on any atom is -0.354 e. The first-order chi connectivity index (χ1) is 12.0. The van der Waals surface area contributed by atoms with Crippen LogP contribution in [0.2, 0.25) is 0 Å². The monoisotopic (exact) mass is 349 g/mol. The van der Waals surface area contributed by atoms with E-state index in [0.29, 0.717) is 6.54 Å². The predicted molar refractivity (Wildman–Crippen MR) is 95.5 cm³/mol. The number of rotatable bonds is 7. The molecule has 0 unspecified atom stereocenters. The fourth-order valence-corrected chi connectivity index (χ4v) is 3.27. The number of amides is 2. The Morgan fingerprint density at radius 2 is 1.80 bits per heavy atom. The highest BCUT2D eigenvalue weighted by Crippen LogP contribution is 2.19. The van der Waals surface area contributed by atoms with Gasteiger partial charge < -0.3 is 10.6 Å². The van der Waals surface area contributed by atoms with Crippen molar-refractivity contribution in [3.8, 4) is 0 Å². The van der Waals surface area contributed by atoms with E-state index in [1.165, 1.54) is 31.4 Å². The van der Waals surface area contributed by atoms with Crippen molar-refractivity contribution < 1.29 is 14.0 Å². The lowest BCUT2D eigenvalue weighted by Crippen LogP contribution is -2.40. The maximum atomic E-state index is 13.1. The normalized spacial score (nSPS) is 16.5. The third kappa shape index (κ3) is 6.12. The molecule has 2 N–H and O–H groups in total. The topological polar surface area (TPSA) is 61.4 Å². The fourth-order valence-electron chi connectivity index (χ4n) is 3.27. The Bertz CT molecular complexity index is 569. The van der Waals surface area contributed by atoms with E-state index in [1.807, 2.05) is 0 Å². The molecule has 1 aliphatic carbocycles. The highest BCUT2D eigenvalue weighted by atomic mass is 19.1. The molecular formula is C19H28FN3O2. The summed E-state index contributed by atoms with van der Waals surface area (Å²) in [5.41, 5.74) is 0.718. The van der Waals surface area contributed by atoms with Gasteiger partial charge in [0.05, 0.1) is 0 Å². The van der Waals surface area contributed by atoms with E-state index in [1.54, 1.807) is 31.1 Å². The Morgan fingerprint density at radius 1 is 1.16 bits per heavy atom. The lowest BCUT2D eigenvalue weighted by molar-refractivity contribution is -0.126. The highest BCUT2D eigenvalue weighted by molar-refractivity contribution is 5.84. The van der Waals surface area contributed by atoms with Gasteiger partial charge in [-0.05, 0) is 44.6 Å². The first-order valence-electron chi connectivity index (χ1n) is 8.96. The number of carbonyl (C=O) groups excluding carboxylic acids is 2. The Morgan fingerprint density at radius 3 is 2.40 bits per heavy atom. The first kappa shape index (κ1) is 19.4. The molecule has 5 nitrogen and oxygen atoms in total. The van der Waals surface area contributed by atoms with Crippen molar-refractivity contribution in [1.82, 2.24) is 15.5 Å². The van der Waals surface area contributed by atoms with Crippen molar-refractivity contribution in [3.05, 3.63) is 35.6 Å². The number of halogens is 1. The average Bonchev–Trinajstić information content (AvgIpc) is 2.57. The van der Waals surface area contributed by atoms with Crippen molar-refractivity contribution in [2.75, 3.05) is 20.6 Å². The van der Waals surface area contributed by atoms with Gasteiger partial charge in [-0.2, -0.15) is 0 Å². The van der Waals surface area contributed by atoms with Crippen LogP contribution in [0, 0.1) is 5.82 Å². The van der Waals surface area contributed by atoms with E-state index in [4.69, 9.17) is 0 Å². The van der Waals surface area contributed by atoms with Crippen LogP contribution in [0.1, 0.15) is 50.1 Å². The zero-order valence-corrected chi connectivity index (χ0v) is 15.1. The lowest BCUT2D eigenvalue weighted by Gasteiger charge is -2.24. The summed E-state index contributed by atoms with van der Waals surface area (Å²) in [5.74, 6) is -0.543. The number of nitrogens with zero attached hydrogens (tertiary/aromatic N) is 1. The molecule has 25 heavy (non-hydrogen) atoms. The first-order valence-corrected chi connectivity index (χ1v) is 8.96. The van der Waals surface area contributed by atoms with Crippen LogP contribution in [-0.4, -0.2) is 43.4 Å². The zero-order chi connectivity index (χ0) is 18.2. The molecule has 0 bridgehead atoms. The van der Waals surface area contributed by atoms with Crippen molar-refractivity contribution >= 4 is 11.8 Å². The Hall–Kier alpha value is -1.95. The predicted octanol–water partition coefficient (Wildman–Crippen LogP) is 2.38. The third-order valence-corrected chi connectivity index (χ3v) is 4.57. The molecule has 1 aromatic carbocycles. The molecule has 2 rings (SSSR count).